The SMILES string of the molecule is C=C1Oc2c(ccc(O[C@@H]3O[C@H](CO)[C@H](O)[C@H](O)[C@H]3O)c2CF)[C@@]2(OCc3ccccc32)[C@H](C)C(C)C1N(CC)CC. The van der Waals surface area contributed by atoms with E-state index in [1.165, 1.54) is 0 Å². The van der Waals surface area contributed by atoms with Crippen molar-refractivity contribution in [3.05, 3.63) is 71.0 Å². The van der Waals surface area contributed by atoms with E-state index >= 15 is 4.39 Å². The Morgan fingerprint density at radius 2 is 1.74 bits per heavy atom. The molecule has 0 aromatic heterocycles. The molecule has 2 aromatic carbocycles. The Balaban J connectivity index is 1.67. The maximum atomic E-state index is 15.1. The standard InChI is InChI=1S/C32H42FNO8/c1-6-34(7-2)26-17(3)18(4)32(22-11-9-8-10-20(22)16-39-32)23-12-13-24(21(14-33)30(23)40-19(26)5)41-31-29(38)28(37)27(36)25(15-35)42-31/h8-13,17-18,25-29,31,35-38H,5-7,14-16H2,1-4H3/t17?,18-,25-,26?,27+,28+,29-,31-,32-/m1/s1. The number of alkyl halides is 1. The first-order chi connectivity index (χ1) is 20.1. The van der Waals surface area contributed by atoms with Crippen LogP contribution in [0.15, 0.2) is 48.7 Å². The average Bonchev–Trinajstić information content (AvgIpc) is 3.39. The van der Waals surface area contributed by atoms with Crippen molar-refractivity contribution in [2.24, 2.45) is 11.8 Å². The zero-order valence-electron chi connectivity index (χ0n) is 24.6. The van der Waals surface area contributed by atoms with Gasteiger partial charge in [-0.3, -0.25) is 4.90 Å². The maximum Gasteiger partial charge on any atom is 0.229 e. The van der Waals surface area contributed by atoms with E-state index in [1.54, 1.807) is 12.1 Å². The predicted octanol–water partition coefficient (Wildman–Crippen LogP) is 3.00. The first kappa shape index (κ1) is 30.9. The number of hydrogen-bond donors (Lipinski definition) is 4. The number of hydrogen-bond acceptors (Lipinski definition) is 9. The van der Waals surface area contributed by atoms with Crippen molar-refractivity contribution < 1.29 is 43.8 Å². The van der Waals surface area contributed by atoms with Gasteiger partial charge in [0, 0.05) is 5.56 Å². The topological polar surface area (TPSA) is 121 Å². The van der Waals surface area contributed by atoms with Crippen molar-refractivity contribution in [1.29, 1.82) is 0 Å². The Labute approximate surface area is 246 Å². The van der Waals surface area contributed by atoms with Crippen molar-refractivity contribution in [2.45, 2.75) is 83.3 Å². The van der Waals surface area contributed by atoms with Crippen molar-refractivity contribution >= 4 is 0 Å². The number of aliphatic hydroxyl groups is 4. The number of halogens is 1. The molecule has 3 aliphatic heterocycles. The van der Waals surface area contributed by atoms with E-state index in [1.807, 2.05) is 24.3 Å². The van der Waals surface area contributed by atoms with E-state index in [0.717, 1.165) is 24.2 Å². The van der Waals surface area contributed by atoms with Crippen molar-refractivity contribution in [2.75, 3.05) is 19.7 Å². The lowest BCUT2D eigenvalue weighted by atomic mass is 9.68. The van der Waals surface area contributed by atoms with Crippen molar-refractivity contribution in [1.82, 2.24) is 4.90 Å². The molecule has 5 rings (SSSR count). The van der Waals surface area contributed by atoms with Gasteiger partial charge in [-0.25, -0.2) is 4.39 Å². The number of benzene rings is 2. The highest BCUT2D eigenvalue weighted by Crippen LogP contribution is 2.56. The average molecular weight is 588 g/mol. The molecular weight excluding hydrogens is 545 g/mol. The van der Waals surface area contributed by atoms with Gasteiger partial charge in [-0.2, -0.15) is 0 Å². The zero-order chi connectivity index (χ0) is 30.3. The minimum absolute atomic E-state index is 0.0236. The molecule has 3 aliphatic rings. The lowest BCUT2D eigenvalue weighted by molar-refractivity contribution is -0.277. The van der Waals surface area contributed by atoms with Crippen LogP contribution >= 0.6 is 0 Å². The maximum absolute atomic E-state index is 15.1. The molecule has 9 atom stereocenters. The third-order valence-electron chi connectivity index (χ3n) is 9.41. The van der Waals surface area contributed by atoms with E-state index in [0.29, 0.717) is 17.9 Å². The van der Waals surface area contributed by atoms with Crippen molar-refractivity contribution in [3.63, 3.8) is 0 Å². The Hall–Kier alpha value is -2.57. The van der Waals surface area contributed by atoms with Crippen LogP contribution in [0.3, 0.4) is 0 Å². The third kappa shape index (κ3) is 4.83. The van der Waals surface area contributed by atoms with Crippen LogP contribution in [0.25, 0.3) is 0 Å². The van der Waals surface area contributed by atoms with Gasteiger partial charge in [-0.15, -0.1) is 0 Å². The van der Waals surface area contributed by atoms with Gasteiger partial charge in [0.05, 0.1) is 24.8 Å². The lowest BCUT2D eigenvalue weighted by Gasteiger charge is -2.47. The van der Waals surface area contributed by atoms with Crippen LogP contribution in [0, 0.1) is 11.8 Å². The molecule has 2 unspecified atom stereocenters. The molecule has 0 bridgehead atoms. The van der Waals surface area contributed by atoms with E-state index in [4.69, 9.17) is 18.9 Å². The number of nitrogens with zero attached hydrogens (tertiary/aromatic N) is 1. The minimum Gasteiger partial charge on any atom is -0.461 e. The van der Waals surface area contributed by atoms with Crippen molar-refractivity contribution in [3.8, 4) is 11.5 Å². The molecule has 230 valence electrons. The van der Waals surface area contributed by atoms with Crippen LogP contribution in [-0.4, -0.2) is 81.8 Å². The second-order valence-corrected chi connectivity index (χ2v) is 11.4. The quantitative estimate of drug-likeness (QED) is 0.388. The molecule has 0 amide bonds. The number of fused-ring (bicyclic) bond motifs is 4. The summed E-state index contributed by atoms with van der Waals surface area (Å²) in [6.07, 6.45) is -7.50. The van der Waals surface area contributed by atoms with E-state index in [9.17, 15) is 20.4 Å². The van der Waals surface area contributed by atoms with Gasteiger partial charge in [0.15, 0.2) is 0 Å². The van der Waals surface area contributed by atoms with Gasteiger partial charge in [0.2, 0.25) is 6.29 Å². The smallest absolute Gasteiger partial charge is 0.229 e. The van der Waals surface area contributed by atoms with Crippen LogP contribution in [0.5, 0.6) is 11.5 Å². The Morgan fingerprint density at radius 1 is 1.02 bits per heavy atom. The summed E-state index contributed by atoms with van der Waals surface area (Å²) in [6, 6.07) is 11.2. The highest BCUT2D eigenvalue weighted by Gasteiger charge is 2.53. The van der Waals surface area contributed by atoms with Crippen LogP contribution in [-0.2, 0) is 28.4 Å². The van der Waals surface area contributed by atoms with Gasteiger partial charge < -0.3 is 39.4 Å². The fourth-order valence-corrected chi connectivity index (χ4v) is 6.95. The summed E-state index contributed by atoms with van der Waals surface area (Å²) >= 11 is 0. The zero-order valence-corrected chi connectivity index (χ0v) is 24.6. The molecule has 1 spiro atoms. The van der Waals surface area contributed by atoms with Crippen LogP contribution in [0.4, 0.5) is 4.39 Å². The second kappa shape index (κ2) is 12.2. The van der Waals surface area contributed by atoms with Gasteiger partial charge >= 0.3 is 0 Å². The van der Waals surface area contributed by atoms with Crippen LogP contribution in [0.2, 0.25) is 0 Å². The molecule has 0 radical (unpaired) electrons. The fraction of sp³-hybridized carbons (Fsp3) is 0.562. The lowest BCUT2D eigenvalue weighted by Crippen LogP contribution is -2.60. The summed E-state index contributed by atoms with van der Waals surface area (Å²) in [6.45, 7) is 13.1. The monoisotopic (exact) mass is 587 g/mol. The molecule has 1 saturated heterocycles. The van der Waals surface area contributed by atoms with E-state index in [-0.39, 0.29) is 34.9 Å². The predicted molar refractivity (Wildman–Crippen MR) is 152 cm³/mol. The summed E-state index contributed by atoms with van der Waals surface area (Å²) in [5, 5.41) is 40.7. The number of rotatable bonds is 7. The van der Waals surface area contributed by atoms with Crippen LogP contribution < -0.4 is 9.47 Å². The number of aliphatic hydroxyl groups excluding tert-OH is 4. The Morgan fingerprint density at radius 3 is 2.40 bits per heavy atom. The molecule has 1 fully saturated rings. The molecular formula is C32H42FNO8. The van der Waals surface area contributed by atoms with Gasteiger partial charge in [-0.05, 0) is 48.2 Å². The molecule has 10 heteroatoms. The first-order valence-electron chi connectivity index (χ1n) is 14.7. The third-order valence-corrected chi connectivity index (χ3v) is 9.41. The minimum atomic E-state index is -1.66. The summed E-state index contributed by atoms with van der Waals surface area (Å²) < 4.78 is 39.9. The van der Waals surface area contributed by atoms with Gasteiger partial charge in [0.25, 0.3) is 0 Å². The largest absolute Gasteiger partial charge is 0.461 e. The molecule has 3 heterocycles. The summed E-state index contributed by atoms with van der Waals surface area (Å²) in [5.41, 5.74) is 1.79. The number of likely N-dealkylation sites (N-methyl/N-ethyl adjacent to an activating group) is 1. The normalized spacial score (nSPS) is 34.5. The summed E-state index contributed by atoms with van der Waals surface area (Å²) in [7, 11) is 0. The van der Waals surface area contributed by atoms with E-state index in [2.05, 4.69) is 39.2 Å². The molecule has 9 nitrogen and oxygen atoms in total. The molecule has 2 aromatic rings. The fourth-order valence-electron chi connectivity index (χ4n) is 6.95. The Bertz CT molecular complexity index is 1290. The molecule has 0 aliphatic carbocycles. The summed E-state index contributed by atoms with van der Waals surface area (Å²) in [4.78, 5) is 2.27. The van der Waals surface area contributed by atoms with Crippen LogP contribution in [0.1, 0.15) is 49.9 Å². The number of ether oxygens (including phenoxy) is 4. The first-order valence-corrected chi connectivity index (χ1v) is 14.7. The van der Waals surface area contributed by atoms with E-state index < -0.39 is 49.6 Å². The van der Waals surface area contributed by atoms with Gasteiger partial charge in [-0.1, -0.05) is 58.5 Å². The molecule has 42 heavy (non-hydrogen) atoms. The second-order valence-electron chi connectivity index (χ2n) is 11.4. The molecule has 0 saturated carbocycles. The van der Waals surface area contributed by atoms with Gasteiger partial charge in [0.1, 0.15) is 53.9 Å². The Kier molecular flexibility index (Phi) is 8.97. The highest BCUT2D eigenvalue weighted by molar-refractivity contribution is 5.58. The summed E-state index contributed by atoms with van der Waals surface area (Å²) in [5.74, 6) is 0.666. The molecule has 4 N–H and O–H groups in total. The highest BCUT2D eigenvalue weighted by atomic mass is 19.1.